The lowest BCUT2D eigenvalue weighted by molar-refractivity contribution is -0.122. The summed E-state index contributed by atoms with van der Waals surface area (Å²) in [6.07, 6.45) is 3.46. The highest BCUT2D eigenvalue weighted by Gasteiger charge is 2.34. The fourth-order valence-electron chi connectivity index (χ4n) is 2.97. The average molecular weight is 452 g/mol. The summed E-state index contributed by atoms with van der Waals surface area (Å²) >= 11 is 8.60. The van der Waals surface area contributed by atoms with Gasteiger partial charge in [0.1, 0.15) is 5.57 Å². The van der Waals surface area contributed by atoms with Crippen molar-refractivity contribution in [2.75, 3.05) is 4.90 Å². The van der Waals surface area contributed by atoms with E-state index >= 15 is 0 Å². The Labute approximate surface area is 175 Å². The van der Waals surface area contributed by atoms with E-state index in [4.69, 9.17) is 12.2 Å². The minimum Gasteiger partial charge on any atom is -0.317 e. The zero-order chi connectivity index (χ0) is 19.7. The van der Waals surface area contributed by atoms with Gasteiger partial charge in [0.2, 0.25) is 0 Å². The Hall–Kier alpha value is -3.03. The van der Waals surface area contributed by atoms with Crippen molar-refractivity contribution in [3.8, 4) is 5.69 Å². The highest BCUT2D eigenvalue weighted by Crippen LogP contribution is 2.24. The van der Waals surface area contributed by atoms with Crippen molar-refractivity contribution in [3.05, 3.63) is 88.7 Å². The number of nitrogens with zero attached hydrogens (tertiary/aromatic N) is 2. The van der Waals surface area contributed by atoms with E-state index in [-0.39, 0.29) is 10.7 Å². The normalized spacial score (nSPS) is 15.8. The van der Waals surface area contributed by atoms with Crippen LogP contribution in [-0.4, -0.2) is 21.5 Å². The second-order valence-electron chi connectivity index (χ2n) is 6.07. The van der Waals surface area contributed by atoms with Gasteiger partial charge in [-0.2, -0.15) is 0 Å². The third-order valence-electron chi connectivity index (χ3n) is 4.29. The molecule has 0 atom stereocenters. The van der Waals surface area contributed by atoms with Crippen molar-refractivity contribution < 1.29 is 9.59 Å². The van der Waals surface area contributed by atoms with Crippen LogP contribution in [0, 0.1) is 0 Å². The second kappa shape index (κ2) is 7.53. The molecule has 0 radical (unpaired) electrons. The van der Waals surface area contributed by atoms with Crippen LogP contribution in [0.25, 0.3) is 11.8 Å². The van der Waals surface area contributed by atoms with E-state index in [0.29, 0.717) is 11.4 Å². The van der Waals surface area contributed by atoms with Crippen molar-refractivity contribution >= 4 is 56.8 Å². The van der Waals surface area contributed by atoms with Crippen molar-refractivity contribution in [1.82, 2.24) is 9.88 Å². The molecule has 0 bridgehead atoms. The topological polar surface area (TPSA) is 54.3 Å². The van der Waals surface area contributed by atoms with Crippen molar-refractivity contribution in [2.24, 2.45) is 0 Å². The Bertz CT molecular complexity index is 1100. The van der Waals surface area contributed by atoms with Crippen molar-refractivity contribution in [1.29, 1.82) is 0 Å². The zero-order valence-corrected chi connectivity index (χ0v) is 16.9. The highest BCUT2D eigenvalue weighted by molar-refractivity contribution is 9.10. The predicted octanol–water partition coefficient (Wildman–Crippen LogP) is 4.07. The molecule has 1 aromatic heterocycles. The standard InChI is InChI=1S/C21H14BrN3O2S/c22-14-8-10-16(11-9-14)25-20(27)18(19(26)23-21(25)28)13-17-7-4-12-24(17)15-5-2-1-3-6-15/h1-13H,(H,23,26,28)/b18-13-. The Morgan fingerprint density at radius 1 is 0.893 bits per heavy atom. The molecule has 1 fully saturated rings. The molecule has 0 unspecified atom stereocenters. The maximum atomic E-state index is 13.1. The van der Waals surface area contributed by atoms with E-state index < -0.39 is 11.8 Å². The van der Waals surface area contributed by atoms with Gasteiger partial charge in [0, 0.05) is 22.1 Å². The Balaban J connectivity index is 1.74. The molecule has 1 aliphatic heterocycles. The number of halogens is 1. The predicted molar refractivity (Wildman–Crippen MR) is 116 cm³/mol. The quantitative estimate of drug-likeness (QED) is 0.371. The van der Waals surface area contributed by atoms with Crippen LogP contribution in [0.2, 0.25) is 0 Å². The molecule has 2 aromatic carbocycles. The van der Waals surface area contributed by atoms with Gasteiger partial charge in [-0.3, -0.25) is 19.8 Å². The summed E-state index contributed by atoms with van der Waals surface area (Å²) in [5.41, 5.74) is 2.26. The number of benzene rings is 2. The Morgan fingerprint density at radius 3 is 2.32 bits per heavy atom. The van der Waals surface area contributed by atoms with Gasteiger partial charge in [-0.25, -0.2) is 0 Å². The maximum Gasteiger partial charge on any atom is 0.270 e. The molecule has 28 heavy (non-hydrogen) atoms. The summed E-state index contributed by atoms with van der Waals surface area (Å²) in [4.78, 5) is 26.9. The van der Waals surface area contributed by atoms with Gasteiger partial charge in [0.05, 0.1) is 5.69 Å². The van der Waals surface area contributed by atoms with Gasteiger partial charge >= 0.3 is 0 Å². The molecule has 138 valence electrons. The number of para-hydroxylation sites is 1. The third kappa shape index (κ3) is 3.42. The first-order valence-electron chi connectivity index (χ1n) is 8.44. The van der Waals surface area contributed by atoms with Gasteiger partial charge in [0.15, 0.2) is 5.11 Å². The number of anilines is 1. The summed E-state index contributed by atoms with van der Waals surface area (Å²) < 4.78 is 2.79. The molecule has 7 heteroatoms. The minimum atomic E-state index is -0.510. The van der Waals surface area contributed by atoms with Gasteiger partial charge in [0.25, 0.3) is 11.8 Å². The number of aromatic nitrogens is 1. The van der Waals surface area contributed by atoms with Crippen LogP contribution in [0.15, 0.2) is 83.0 Å². The highest BCUT2D eigenvalue weighted by atomic mass is 79.9. The van der Waals surface area contributed by atoms with Crippen LogP contribution < -0.4 is 10.2 Å². The molecule has 0 saturated carbocycles. The molecule has 1 saturated heterocycles. The smallest absolute Gasteiger partial charge is 0.270 e. The van der Waals surface area contributed by atoms with Crippen molar-refractivity contribution in [3.63, 3.8) is 0 Å². The lowest BCUT2D eigenvalue weighted by Crippen LogP contribution is -2.54. The van der Waals surface area contributed by atoms with Gasteiger partial charge in [-0.05, 0) is 66.8 Å². The summed E-state index contributed by atoms with van der Waals surface area (Å²) in [7, 11) is 0. The van der Waals surface area contributed by atoms with Crippen LogP contribution in [0.5, 0.6) is 0 Å². The number of thiocarbonyl (C=S) groups is 1. The first-order chi connectivity index (χ1) is 13.5. The van der Waals surface area contributed by atoms with Gasteiger partial charge in [-0.15, -0.1) is 0 Å². The number of amides is 2. The van der Waals surface area contributed by atoms with Crippen LogP contribution in [0.3, 0.4) is 0 Å². The molecule has 5 nitrogen and oxygen atoms in total. The summed E-state index contributed by atoms with van der Waals surface area (Å²) in [6.45, 7) is 0. The number of hydrogen-bond donors (Lipinski definition) is 1. The number of hydrogen-bond acceptors (Lipinski definition) is 3. The van der Waals surface area contributed by atoms with Crippen LogP contribution >= 0.6 is 28.1 Å². The molecule has 0 spiro atoms. The van der Waals surface area contributed by atoms with E-state index in [2.05, 4.69) is 21.2 Å². The summed E-state index contributed by atoms with van der Waals surface area (Å²) in [6, 6.07) is 20.5. The number of rotatable bonds is 3. The lowest BCUT2D eigenvalue weighted by atomic mass is 10.1. The van der Waals surface area contributed by atoms with E-state index in [0.717, 1.165) is 10.2 Å². The van der Waals surface area contributed by atoms with E-state index in [1.54, 1.807) is 18.2 Å². The van der Waals surface area contributed by atoms with Crippen LogP contribution in [-0.2, 0) is 9.59 Å². The first kappa shape index (κ1) is 18.3. The number of carbonyl (C=O) groups is 2. The fourth-order valence-corrected chi connectivity index (χ4v) is 3.51. The molecule has 0 aliphatic carbocycles. The maximum absolute atomic E-state index is 13.1. The minimum absolute atomic E-state index is 0.0207. The summed E-state index contributed by atoms with van der Waals surface area (Å²) in [5.74, 6) is -0.971. The van der Waals surface area contributed by atoms with Gasteiger partial charge in [-0.1, -0.05) is 34.1 Å². The van der Waals surface area contributed by atoms with E-state index in [9.17, 15) is 9.59 Å². The fraction of sp³-hybridized carbons (Fsp3) is 0. The molecule has 1 N–H and O–H groups in total. The summed E-state index contributed by atoms with van der Waals surface area (Å²) in [5, 5.41) is 2.67. The molecule has 4 rings (SSSR count). The molecule has 3 aromatic rings. The third-order valence-corrected chi connectivity index (χ3v) is 5.11. The zero-order valence-electron chi connectivity index (χ0n) is 14.5. The molecule has 1 aliphatic rings. The molecule has 2 heterocycles. The van der Waals surface area contributed by atoms with E-state index in [1.807, 2.05) is 65.4 Å². The molecular formula is C21H14BrN3O2S. The van der Waals surface area contributed by atoms with Crippen molar-refractivity contribution in [2.45, 2.75) is 0 Å². The Morgan fingerprint density at radius 2 is 1.61 bits per heavy atom. The average Bonchev–Trinajstić information content (AvgIpc) is 3.15. The van der Waals surface area contributed by atoms with Crippen LogP contribution in [0.1, 0.15) is 5.69 Å². The van der Waals surface area contributed by atoms with E-state index in [1.165, 1.54) is 4.90 Å². The van der Waals surface area contributed by atoms with Gasteiger partial charge < -0.3 is 4.57 Å². The molecule has 2 amide bonds. The number of nitrogens with one attached hydrogen (secondary N) is 1. The number of carbonyl (C=O) groups excluding carboxylic acids is 2. The monoisotopic (exact) mass is 451 g/mol. The Kier molecular flexibility index (Phi) is 4.93. The molecular weight excluding hydrogens is 438 g/mol. The lowest BCUT2D eigenvalue weighted by Gasteiger charge is -2.29. The van der Waals surface area contributed by atoms with Crippen LogP contribution in [0.4, 0.5) is 5.69 Å². The largest absolute Gasteiger partial charge is 0.317 e. The first-order valence-corrected chi connectivity index (χ1v) is 9.64. The SMILES string of the molecule is O=C1NC(=S)N(c2ccc(Br)cc2)C(=O)/C1=C\c1cccn1-c1ccccc1. The second-order valence-corrected chi connectivity index (χ2v) is 7.38.